The molecule has 3 rings (SSSR count). The monoisotopic (exact) mass is 489 g/mol. The van der Waals surface area contributed by atoms with Gasteiger partial charge in [0.15, 0.2) is 6.10 Å². The van der Waals surface area contributed by atoms with Crippen LogP contribution in [-0.2, 0) is 19.5 Å². The van der Waals surface area contributed by atoms with Crippen LogP contribution >= 0.6 is 23.2 Å². The van der Waals surface area contributed by atoms with Crippen molar-refractivity contribution in [1.82, 2.24) is 4.31 Å². The molecule has 1 unspecified atom stereocenters. The Morgan fingerprint density at radius 2 is 1.71 bits per heavy atom. The zero-order valence-corrected chi connectivity index (χ0v) is 18.6. The summed E-state index contributed by atoms with van der Waals surface area (Å²) in [6.07, 6.45) is -1.22. The van der Waals surface area contributed by atoms with Crippen LogP contribution in [0.1, 0.15) is 27.6 Å². The average Bonchev–Trinajstić information content (AvgIpc) is 2.74. The minimum absolute atomic E-state index is 0.127. The van der Waals surface area contributed by atoms with Crippen molar-refractivity contribution in [2.24, 2.45) is 0 Å². The summed E-state index contributed by atoms with van der Waals surface area (Å²) < 4.78 is 50.5. The third kappa shape index (κ3) is 5.24. The molecule has 1 heterocycles. The van der Waals surface area contributed by atoms with Crippen molar-refractivity contribution in [1.29, 1.82) is 0 Å². The molecule has 0 aliphatic carbocycles. The summed E-state index contributed by atoms with van der Waals surface area (Å²) >= 11 is 12.2. The van der Waals surface area contributed by atoms with Gasteiger partial charge in [0.2, 0.25) is 15.8 Å². The van der Waals surface area contributed by atoms with Gasteiger partial charge >= 0.3 is 5.97 Å². The van der Waals surface area contributed by atoms with Gasteiger partial charge in [0.05, 0.1) is 28.8 Å². The first-order valence-electron chi connectivity index (χ1n) is 9.19. The van der Waals surface area contributed by atoms with Crippen LogP contribution in [0.25, 0.3) is 0 Å². The Morgan fingerprint density at radius 1 is 1.10 bits per heavy atom. The van der Waals surface area contributed by atoms with Crippen molar-refractivity contribution in [3.8, 4) is 0 Å². The molecule has 0 aromatic heterocycles. The maximum atomic E-state index is 13.0. The minimum atomic E-state index is -4.00. The highest BCUT2D eigenvalue weighted by molar-refractivity contribution is 7.89. The van der Waals surface area contributed by atoms with Crippen molar-refractivity contribution in [2.75, 3.05) is 26.3 Å². The average molecular weight is 490 g/mol. The summed E-state index contributed by atoms with van der Waals surface area (Å²) in [6, 6.07) is 6.93. The third-order valence-electron chi connectivity index (χ3n) is 4.61. The Labute approximate surface area is 188 Å². The predicted octanol–water partition coefficient (Wildman–Crippen LogP) is 3.58. The molecule has 1 atom stereocenters. The first-order chi connectivity index (χ1) is 14.6. The fraction of sp³-hybridized carbons (Fsp3) is 0.300. The van der Waals surface area contributed by atoms with Crippen LogP contribution in [0.15, 0.2) is 41.3 Å². The van der Waals surface area contributed by atoms with E-state index < -0.39 is 33.7 Å². The first kappa shape index (κ1) is 23.6. The molecule has 0 saturated carbocycles. The largest absolute Gasteiger partial charge is 0.451 e. The first-order valence-corrected chi connectivity index (χ1v) is 11.4. The summed E-state index contributed by atoms with van der Waals surface area (Å²) in [4.78, 5) is 24.8. The van der Waals surface area contributed by atoms with Gasteiger partial charge in [-0.25, -0.2) is 17.6 Å². The van der Waals surface area contributed by atoms with Gasteiger partial charge in [-0.15, -0.1) is 0 Å². The van der Waals surface area contributed by atoms with Gasteiger partial charge in [-0.3, -0.25) is 4.79 Å². The molecule has 2 aromatic rings. The number of halogens is 3. The highest BCUT2D eigenvalue weighted by Crippen LogP contribution is 2.31. The van der Waals surface area contributed by atoms with Crippen molar-refractivity contribution < 1.29 is 31.9 Å². The molecular weight excluding hydrogens is 472 g/mol. The second kappa shape index (κ2) is 9.62. The number of benzene rings is 2. The molecule has 1 saturated heterocycles. The van der Waals surface area contributed by atoms with E-state index in [0.29, 0.717) is 0 Å². The Balaban J connectivity index is 1.84. The van der Waals surface area contributed by atoms with Crippen molar-refractivity contribution in [3.05, 3.63) is 63.4 Å². The number of esters is 1. The summed E-state index contributed by atoms with van der Waals surface area (Å²) in [5.41, 5.74) is -0.101. The number of ketones is 1. The van der Waals surface area contributed by atoms with Crippen LogP contribution in [0.5, 0.6) is 0 Å². The molecule has 0 N–H and O–H groups in total. The van der Waals surface area contributed by atoms with Gasteiger partial charge in [-0.1, -0.05) is 23.2 Å². The van der Waals surface area contributed by atoms with Crippen molar-refractivity contribution >= 4 is 45.0 Å². The Kier molecular flexibility index (Phi) is 7.33. The molecule has 1 aliphatic heterocycles. The lowest BCUT2D eigenvalue weighted by Crippen LogP contribution is -2.40. The molecule has 0 amide bonds. The number of Topliss-reactive ketones (excluding diaryl/α,β-unsaturated/α-hetero) is 1. The van der Waals surface area contributed by atoms with Crippen LogP contribution in [-0.4, -0.2) is 56.9 Å². The zero-order chi connectivity index (χ0) is 22.8. The molecule has 0 spiro atoms. The molecule has 7 nitrogen and oxygen atoms in total. The summed E-state index contributed by atoms with van der Waals surface area (Å²) in [5, 5.41) is -0.277. The predicted molar refractivity (Wildman–Crippen MR) is 112 cm³/mol. The van der Waals surface area contributed by atoms with Gasteiger partial charge in [-0.2, -0.15) is 4.31 Å². The molecule has 31 heavy (non-hydrogen) atoms. The molecule has 166 valence electrons. The third-order valence-corrected chi connectivity index (χ3v) is 7.29. The van der Waals surface area contributed by atoms with E-state index in [9.17, 15) is 22.4 Å². The van der Waals surface area contributed by atoms with E-state index in [1.165, 1.54) is 23.4 Å². The Bertz CT molecular complexity index is 1100. The van der Waals surface area contributed by atoms with Crippen molar-refractivity contribution in [2.45, 2.75) is 17.9 Å². The lowest BCUT2D eigenvalue weighted by Gasteiger charge is -2.26. The van der Waals surface area contributed by atoms with E-state index in [2.05, 4.69) is 0 Å². The molecule has 0 bridgehead atoms. The van der Waals surface area contributed by atoms with Crippen LogP contribution in [0.2, 0.25) is 10.0 Å². The van der Waals surface area contributed by atoms with Crippen molar-refractivity contribution in [3.63, 3.8) is 0 Å². The van der Waals surface area contributed by atoms with Gasteiger partial charge in [0.1, 0.15) is 10.7 Å². The minimum Gasteiger partial charge on any atom is -0.451 e. The van der Waals surface area contributed by atoms with E-state index in [1.807, 2.05) is 0 Å². The van der Waals surface area contributed by atoms with Gasteiger partial charge in [0.25, 0.3) is 0 Å². The number of ether oxygens (including phenoxy) is 2. The summed E-state index contributed by atoms with van der Waals surface area (Å²) in [5.74, 6) is -2.06. The molecule has 2 aromatic carbocycles. The lowest BCUT2D eigenvalue weighted by atomic mass is 10.1. The standard InChI is InChI=1S/C20H18Cl2FNO6S/c1-12(19(25)13-2-4-14(23)5-3-13)30-20(26)15-10-18(17(22)11-16(15)21)31(27,28)24-6-8-29-9-7-24/h2-5,10-12H,6-9H2,1H3. The Hall–Kier alpha value is -2.04. The van der Waals surface area contributed by atoms with Gasteiger partial charge in [0, 0.05) is 18.7 Å². The smallest absolute Gasteiger partial charge is 0.340 e. The number of rotatable bonds is 6. The fourth-order valence-corrected chi connectivity index (χ4v) is 5.17. The summed E-state index contributed by atoms with van der Waals surface area (Å²) in [7, 11) is -4.00. The topological polar surface area (TPSA) is 90.0 Å². The lowest BCUT2D eigenvalue weighted by molar-refractivity contribution is 0.0318. The van der Waals surface area contributed by atoms with E-state index in [-0.39, 0.29) is 52.4 Å². The number of carbonyl (C=O) groups is 2. The highest BCUT2D eigenvalue weighted by Gasteiger charge is 2.31. The Morgan fingerprint density at radius 3 is 2.32 bits per heavy atom. The number of sulfonamides is 1. The SMILES string of the molecule is CC(OC(=O)c1cc(S(=O)(=O)N2CCOCC2)c(Cl)cc1Cl)C(=O)c1ccc(F)cc1. The normalized spacial score (nSPS) is 16.0. The van der Waals surface area contributed by atoms with Crippen LogP contribution in [0.4, 0.5) is 4.39 Å². The van der Waals surface area contributed by atoms with Crippen LogP contribution in [0, 0.1) is 5.82 Å². The molecule has 0 radical (unpaired) electrons. The maximum absolute atomic E-state index is 13.0. The van der Waals surface area contributed by atoms with Gasteiger partial charge in [-0.05, 0) is 43.3 Å². The zero-order valence-electron chi connectivity index (χ0n) is 16.3. The number of morpholine rings is 1. The molecule has 11 heteroatoms. The number of carbonyl (C=O) groups excluding carboxylic acids is 2. The van der Waals surface area contributed by atoms with Gasteiger partial charge < -0.3 is 9.47 Å². The number of nitrogens with zero attached hydrogens (tertiary/aromatic N) is 1. The quantitative estimate of drug-likeness (QED) is 0.454. The molecule has 1 aliphatic rings. The number of hydrogen-bond donors (Lipinski definition) is 0. The van der Waals surface area contributed by atoms with Crippen LogP contribution < -0.4 is 0 Å². The van der Waals surface area contributed by atoms with E-state index in [4.69, 9.17) is 32.7 Å². The van der Waals surface area contributed by atoms with E-state index in [1.54, 1.807) is 0 Å². The summed E-state index contributed by atoms with van der Waals surface area (Å²) in [6.45, 7) is 2.11. The highest BCUT2D eigenvalue weighted by atomic mass is 35.5. The molecular formula is C20H18Cl2FNO6S. The number of hydrogen-bond acceptors (Lipinski definition) is 6. The van der Waals surface area contributed by atoms with E-state index >= 15 is 0 Å². The maximum Gasteiger partial charge on any atom is 0.340 e. The molecule has 1 fully saturated rings. The van der Waals surface area contributed by atoms with Crippen LogP contribution in [0.3, 0.4) is 0 Å². The second-order valence-electron chi connectivity index (χ2n) is 6.70. The second-order valence-corrected chi connectivity index (χ2v) is 9.42. The fourth-order valence-electron chi connectivity index (χ4n) is 2.94. The van der Waals surface area contributed by atoms with E-state index in [0.717, 1.165) is 24.3 Å².